The van der Waals surface area contributed by atoms with Gasteiger partial charge in [0.25, 0.3) is 11.8 Å². The lowest BCUT2D eigenvalue weighted by molar-refractivity contribution is 0.0689. The van der Waals surface area contributed by atoms with Gasteiger partial charge in [-0.3, -0.25) is 14.7 Å². The number of halogens is 3. The van der Waals surface area contributed by atoms with Crippen molar-refractivity contribution in [3.05, 3.63) is 46.1 Å². The van der Waals surface area contributed by atoms with Crippen molar-refractivity contribution >= 4 is 29.2 Å². The normalized spacial score (nSPS) is 10.7. The average Bonchev–Trinajstić information content (AvgIpc) is 3.09. The first-order valence-electron chi connectivity index (χ1n) is 8.16. The molecular weight excluding hydrogens is 382 g/mol. The van der Waals surface area contributed by atoms with Gasteiger partial charge in [0.1, 0.15) is 5.82 Å². The lowest BCUT2D eigenvalue weighted by atomic mass is 10.2. The molecule has 1 aromatic carbocycles. The Morgan fingerprint density at radius 1 is 1.26 bits per heavy atom. The molecule has 2 rings (SSSR count). The van der Waals surface area contributed by atoms with Crippen LogP contribution in [0.4, 0.5) is 14.6 Å². The fraction of sp³-hybridized carbons (Fsp3) is 0.353. The first-order valence-corrected chi connectivity index (χ1v) is 8.54. The monoisotopic (exact) mass is 400 g/mol. The molecule has 2 amide bonds. The van der Waals surface area contributed by atoms with Gasteiger partial charge in [0.2, 0.25) is 0 Å². The van der Waals surface area contributed by atoms with Crippen molar-refractivity contribution in [2.75, 3.05) is 32.1 Å². The molecule has 2 N–H and O–H groups in total. The first-order chi connectivity index (χ1) is 12.9. The molecule has 0 atom stereocenters. The van der Waals surface area contributed by atoms with Crippen LogP contribution in [-0.4, -0.2) is 53.7 Å². The number of aromatic amines is 1. The molecule has 146 valence electrons. The lowest BCUT2D eigenvalue weighted by Crippen LogP contribution is -2.34. The zero-order chi connectivity index (χ0) is 20.0. The molecule has 2 aromatic rings. The number of anilines is 1. The van der Waals surface area contributed by atoms with E-state index in [0.717, 1.165) is 6.42 Å². The van der Waals surface area contributed by atoms with Crippen LogP contribution in [0.5, 0.6) is 0 Å². The number of aromatic nitrogens is 2. The van der Waals surface area contributed by atoms with Crippen LogP contribution in [0.25, 0.3) is 0 Å². The van der Waals surface area contributed by atoms with E-state index in [9.17, 15) is 18.4 Å². The summed E-state index contributed by atoms with van der Waals surface area (Å²) in [6.45, 7) is 3.26. The number of H-pyrrole nitrogens is 1. The van der Waals surface area contributed by atoms with E-state index in [1.165, 1.54) is 6.07 Å². The van der Waals surface area contributed by atoms with Gasteiger partial charge < -0.3 is 15.0 Å². The van der Waals surface area contributed by atoms with E-state index in [0.29, 0.717) is 31.8 Å². The van der Waals surface area contributed by atoms with Gasteiger partial charge in [-0.25, -0.2) is 8.78 Å². The van der Waals surface area contributed by atoms with E-state index < -0.39 is 17.5 Å². The number of methoxy groups -OCH3 is 1. The Morgan fingerprint density at radius 3 is 2.63 bits per heavy atom. The van der Waals surface area contributed by atoms with Crippen LogP contribution in [-0.2, 0) is 4.74 Å². The van der Waals surface area contributed by atoms with E-state index in [1.54, 1.807) is 12.0 Å². The Kier molecular flexibility index (Phi) is 7.26. The highest BCUT2D eigenvalue weighted by Crippen LogP contribution is 2.21. The van der Waals surface area contributed by atoms with E-state index in [1.807, 2.05) is 6.92 Å². The first kappa shape index (κ1) is 20.8. The van der Waals surface area contributed by atoms with E-state index >= 15 is 0 Å². The highest BCUT2D eigenvalue weighted by molar-refractivity contribution is 6.34. The van der Waals surface area contributed by atoms with Gasteiger partial charge in [0, 0.05) is 26.3 Å². The number of rotatable bonds is 8. The summed E-state index contributed by atoms with van der Waals surface area (Å²) in [5, 5.41) is 8.57. The Labute approximate surface area is 159 Å². The van der Waals surface area contributed by atoms with Gasteiger partial charge in [-0.15, -0.1) is 0 Å². The second kappa shape index (κ2) is 9.43. The maximum atomic E-state index is 13.3. The number of amides is 2. The minimum atomic E-state index is -1.20. The minimum Gasteiger partial charge on any atom is -0.383 e. The third kappa shape index (κ3) is 5.24. The summed E-state index contributed by atoms with van der Waals surface area (Å²) < 4.78 is 31.4. The van der Waals surface area contributed by atoms with Crippen LogP contribution < -0.4 is 5.32 Å². The van der Waals surface area contributed by atoms with E-state index in [4.69, 9.17) is 16.3 Å². The molecule has 0 aliphatic rings. The van der Waals surface area contributed by atoms with Gasteiger partial charge in [-0.1, -0.05) is 18.5 Å². The van der Waals surface area contributed by atoms with Crippen molar-refractivity contribution in [3.8, 4) is 0 Å². The van der Waals surface area contributed by atoms with E-state index in [-0.39, 0.29) is 28.0 Å². The number of nitrogens with one attached hydrogen (secondary N) is 2. The maximum absolute atomic E-state index is 13.3. The number of hydrogen-bond acceptors (Lipinski definition) is 4. The molecule has 0 bridgehead atoms. The van der Waals surface area contributed by atoms with Crippen LogP contribution in [0.2, 0.25) is 5.02 Å². The summed E-state index contributed by atoms with van der Waals surface area (Å²) in [4.78, 5) is 26.3. The standard InChI is InChI=1S/C17H19ClF2N4O3/c1-3-4-24(5-6-27-2)17(26)14-9-15(23-22-14)21-16(25)10-7-12(19)13(20)8-11(10)18/h7-9H,3-6H2,1-2H3,(H2,21,22,23,25). The fourth-order valence-electron chi connectivity index (χ4n) is 2.33. The third-order valence-electron chi connectivity index (χ3n) is 3.65. The summed E-state index contributed by atoms with van der Waals surface area (Å²) in [7, 11) is 1.54. The number of ether oxygens (including phenoxy) is 1. The van der Waals surface area contributed by atoms with Crippen molar-refractivity contribution < 1.29 is 23.1 Å². The predicted molar refractivity (Wildman–Crippen MR) is 96.0 cm³/mol. The molecule has 7 nitrogen and oxygen atoms in total. The predicted octanol–water partition coefficient (Wildman–Crippen LogP) is 3.09. The summed E-state index contributed by atoms with van der Waals surface area (Å²) >= 11 is 5.78. The molecule has 27 heavy (non-hydrogen) atoms. The van der Waals surface area contributed by atoms with Crippen molar-refractivity contribution in [3.63, 3.8) is 0 Å². The summed E-state index contributed by atoms with van der Waals surface area (Å²) in [5.74, 6) is -3.33. The highest BCUT2D eigenvalue weighted by atomic mass is 35.5. The van der Waals surface area contributed by atoms with E-state index in [2.05, 4.69) is 15.5 Å². The van der Waals surface area contributed by atoms with Crippen molar-refractivity contribution in [2.24, 2.45) is 0 Å². The Bertz CT molecular complexity index is 829. The third-order valence-corrected chi connectivity index (χ3v) is 3.96. The topological polar surface area (TPSA) is 87.3 Å². The molecule has 0 fully saturated rings. The second-order valence-electron chi connectivity index (χ2n) is 5.65. The Balaban J connectivity index is 2.12. The number of carbonyl (C=O) groups excluding carboxylic acids is 2. The SMILES string of the molecule is CCCN(CCOC)C(=O)c1cc(NC(=O)c2cc(F)c(F)cc2Cl)[nH]n1. The van der Waals surface area contributed by atoms with Crippen LogP contribution in [0.15, 0.2) is 18.2 Å². The maximum Gasteiger partial charge on any atom is 0.274 e. The molecule has 0 saturated carbocycles. The summed E-state index contributed by atoms with van der Waals surface area (Å²) in [5.41, 5.74) is -0.142. The molecule has 0 spiro atoms. The molecule has 0 saturated heterocycles. The van der Waals surface area contributed by atoms with Crippen LogP contribution in [0.1, 0.15) is 34.2 Å². The van der Waals surface area contributed by atoms with Crippen LogP contribution >= 0.6 is 11.6 Å². The smallest absolute Gasteiger partial charge is 0.274 e. The minimum absolute atomic E-state index is 0.103. The molecule has 1 heterocycles. The molecule has 0 unspecified atom stereocenters. The van der Waals surface area contributed by atoms with Crippen molar-refractivity contribution in [1.82, 2.24) is 15.1 Å². The summed E-state index contributed by atoms with van der Waals surface area (Å²) in [6.07, 6.45) is 0.762. The lowest BCUT2D eigenvalue weighted by Gasteiger charge is -2.20. The Hall–Kier alpha value is -2.52. The molecule has 0 aliphatic carbocycles. The fourth-order valence-corrected chi connectivity index (χ4v) is 2.57. The molecule has 0 radical (unpaired) electrons. The molecule has 0 aliphatic heterocycles. The second-order valence-corrected chi connectivity index (χ2v) is 6.06. The van der Waals surface area contributed by atoms with Gasteiger partial charge >= 0.3 is 0 Å². The average molecular weight is 401 g/mol. The number of hydrogen-bond donors (Lipinski definition) is 2. The number of nitrogens with zero attached hydrogens (tertiary/aromatic N) is 2. The van der Waals surface area contributed by atoms with Gasteiger partial charge in [-0.2, -0.15) is 5.10 Å². The van der Waals surface area contributed by atoms with Gasteiger partial charge in [0.15, 0.2) is 17.3 Å². The zero-order valence-electron chi connectivity index (χ0n) is 14.8. The van der Waals surface area contributed by atoms with Crippen LogP contribution in [0, 0.1) is 11.6 Å². The quantitative estimate of drug-likeness (QED) is 0.666. The van der Waals surface area contributed by atoms with Crippen molar-refractivity contribution in [1.29, 1.82) is 0 Å². The zero-order valence-corrected chi connectivity index (χ0v) is 15.6. The Morgan fingerprint density at radius 2 is 1.96 bits per heavy atom. The number of carbonyl (C=O) groups is 2. The molecule has 1 aromatic heterocycles. The van der Waals surface area contributed by atoms with Gasteiger partial charge in [0.05, 0.1) is 17.2 Å². The molecule has 10 heteroatoms. The number of benzene rings is 1. The van der Waals surface area contributed by atoms with Crippen LogP contribution in [0.3, 0.4) is 0 Å². The van der Waals surface area contributed by atoms with Crippen molar-refractivity contribution in [2.45, 2.75) is 13.3 Å². The summed E-state index contributed by atoms with van der Waals surface area (Å²) in [6, 6.07) is 2.76. The largest absolute Gasteiger partial charge is 0.383 e. The van der Waals surface area contributed by atoms with Gasteiger partial charge in [-0.05, 0) is 18.6 Å². The molecular formula is C17H19ClF2N4O3. The highest BCUT2D eigenvalue weighted by Gasteiger charge is 2.20.